The van der Waals surface area contributed by atoms with Gasteiger partial charge in [0, 0.05) is 6.04 Å². The van der Waals surface area contributed by atoms with Gasteiger partial charge in [0.2, 0.25) is 15.9 Å². The first-order valence-electron chi connectivity index (χ1n) is 6.25. The van der Waals surface area contributed by atoms with Crippen LogP contribution >= 0.6 is 0 Å². The van der Waals surface area contributed by atoms with E-state index in [0.29, 0.717) is 6.42 Å². The lowest BCUT2D eigenvalue weighted by molar-refractivity contribution is -0.123. The summed E-state index contributed by atoms with van der Waals surface area (Å²) in [7, 11) is -3.32. The molecule has 100 valence electrons. The Labute approximate surface area is 103 Å². The Morgan fingerprint density at radius 2 is 1.94 bits per heavy atom. The molecular formula is C11H22N2O3S. The van der Waals surface area contributed by atoms with Crippen LogP contribution in [0.2, 0.25) is 0 Å². The van der Waals surface area contributed by atoms with Gasteiger partial charge in [-0.05, 0) is 26.2 Å². The highest BCUT2D eigenvalue weighted by molar-refractivity contribution is 7.89. The first kappa shape index (κ1) is 14.4. The molecule has 0 bridgehead atoms. The molecular weight excluding hydrogens is 240 g/mol. The van der Waals surface area contributed by atoms with Crippen LogP contribution in [0.3, 0.4) is 0 Å². The second-order valence-corrected chi connectivity index (χ2v) is 6.52. The van der Waals surface area contributed by atoms with E-state index in [1.54, 1.807) is 13.8 Å². The molecule has 0 aliphatic heterocycles. The molecule has 1 saturated carbocycles. The van der Waals surface area contributed by atoms with Crippen LogP contribution in [0.1, 0.15) is 46.0 Å². The minimum absolute atomic E-state index is 0.0635. The highest BCUT2D eigenvalue weighted by Gasteiger charge is 2.23. The molecule has 6 heteroatoms. The van der Waals surface area contributed by atoms with Crippen LogP contribution in [-0.2, 0) is 14.8 Å². The topological polar surface area (TPSA) is 75.3 Å². The fourth-order valence-electron chi connectivity index (χ4n) is 2.05. The van der Waals surface area contributed by atoms with Crippen LogP contribution in [0.25, 0.3) is 0 Å². The van der Waals surface area contributed by atoms with Gasteiger partial charge < -0.3 is 5.32 Å². The third-order valence-corrected chi connectivity index (χ3v) is 4.58. The Balaban J connectivity index is 2.40. The number of hydrogen-bond donors (Lipinski definition) is 2. The van der Waals surface area contributed by atoms with E-state index >= 15 is 0 Å². The Kier molecular flexibility index (Phi) is 5.39. The van der Waals surface area contributed by atoms with E-state index in [1.165, 1.54) is 0 Å². The standard InChI is InChI=1S/C11H22N2O3S/c1-3-8-17(15,16)13-9(2)11(14)12-10-6-4-5-7-10/h9-10,13H,3-8H2,1-2H3,(H,12,14). The summed E-state index contributed by atoms with van der Waals surface area (Å²) < 4.78 is 25.4. The predicted octanol–water partition coefficient (Wildman–Crippen LogP) is 0.763. The minimum atomic E-state index is -3.32. The fourth-order valence-corrected chi connectivity index (χ4v) is 3.35. The lowest BCUT2D eigenvalue weighted by atomic mass is 10.2. The molecule has 0 aromatic heterocycles. The second-order valence-electron chi connectivity index (χ2n) is 4.65. The van der Waals surface area contributed by atoms with Gasteiger partial charge in [-0.3, -0.25) is 4.79 Å². The molecule has 1 aliphatic rings. The summed E-state index contributed by atoms with van der Waals surface area (Å²) in [4.78, 5) is 11.7. The Morgan fingerprint density at radius 3 is 2.47 bits per heavy atom. The van der Waals surface area contributed by atoms with Crippen molar-refractivity contribution in [1.82, 2.24) is 10.0 Å². The summed E-state index contributed by atoms with van der Waals surface area (Å²) >= 11 is 0. The van der Waals surface area contributed by atoms with Crippen molar-refractivity contribution < 1.29 is 13.2 Å². The largest absolute Gasteiger partial charge is 0.352 e. The zero-order valence-electron chi connectivity index (χ0n) is 10.5. The maximum absolute atomic E-state index is 11.7. The van der Waals surface area contributed by atoms with Crippen molar-refractivity contribution in [3.05, 3.63) is 0 Å². The highest BCUT2D eigenvalue weighted by atomic mass is 32.2. The summed E-state index contributed by atoms with van der Waals surface area (Å²) in [5.74, 6) is -0.162. The van der Waals surface area contributed by atoms with Crippen LogP contribution in [0.4, 0.5) is 0 Å². The number of sulfonamides is 1. The van der Waals surface area contributed by atoms with E-state index in [2.05, 4.69) is 10.0 Å². The Bertz CT molecular complexity index is 348. The molecule has 0 aromatic rings. The fraction of sp³-hybridized carbons (Fsp3) is 0.909. The molecule has 0 saturated heterocycles. The number of hydrogen-bond acceptors (Lipinski definition) is 3. The van der Waals surface area contributed by atoms with Crippen LogP contribution in [-0.4, -0.2) is 32.2 Å². The Hall–Kier alpha value is -0.620. The molecule has 1 rings (SSSR count). The summed E-state index contributed by atoms with van der Waals surface area (Å²) in [5, 5.41) is 2.88. The maximum Gasteiger partial charge on any atom is 0.238 e. The molecule has 0 heterocycles. The highest BCUT2D eigenvalue weighted by Crippen LogP contribution is 2.17. The van der Waals surface area contributed by atoms with Crippen molar-refractivity contribution in [3.63, 3.8) is 0 Å². The van der Waals surface area contributed by atoms with Gasteiger partial charge in [0.05, 0.1) is 11.8 Å². The minimum Gasteiger partial charge on any atom is -0.352 e. The summed E-state index contributed by atoms with van der Waals surface area (Å²) in [5.41, 5.74) is 0. The number of carbonyl (C=O) groups is 1. The number of amides is 1. The van der Waals surface area contributed by atoms with Gasteiger partial charge in [0.25, 0.3) is 0 Å². The monoisotopic (exact) mass is 262 g/mol. The molecule has 1 atom stereocenters. The first-order valence-corrected chi connectivity index (χ1v) is 7.90. The Morgan fingerprint density at radius 1 is 1.35 bits per heavy atom. The molecule has 0 aromatic carbocycles. The third kappa shape index (κ3) is 5.04. The quantitative estimate of drug-likeness (QED) is 0.742. The molecule has 5 nitrogen and oxygen atoms in total. The summed E-state index contributed by atoms with van der Waals surface area (Å²) in [6, 6.07) is -0.465. The maximum atomic E-state index is 11.7. The van der Waals surface area contributed by atoms with Crippen molar-refractivity contribution in [1.29, 1.82) is 0 Å². The van der Waals surface area contributed by atoms with Crippen LogP contribution in [0.15, 0.2) is 0 Å². The van der Waals surface area contributed by atoms with E-state index in [0.717, 1.165) is 25.7 Å². The van der Waals surface area contributed by atoms with E-state index in [1.807, 2.05) is 0 Å². The molecule has 1 amide bonds. The zero-order valence-corrected chi connectivity index (χ0v) is 11.3. The molecule has 0 radical (unpaired) electrons. The van der Waals surface area contributed by atoms with Crippen molar-refractivity contribution in [2.24, 2.45) is 0 Å². The lowest BCUT2D eigenvalue weighted by Crippen LogP contribution is -2.47. The van der Waals surface area contributed by atoms with Crippen LogP contribution in [0.5, 0.6) is 0 Å². The molecule has 1 fully saturated rings. The van der Waals surface area contributed by atoms with Crippen molar-refractivity contribution in [2.45, 2.75) is 58.0 Å². The molecule has 17 heavy (non-hydrogen) atoms. The average Bonchev–Trinajstić information content (AvgIpc) is 2.69. The van der Waals surface area contributed by atoms with E-state index in [9.17, 15) is 13.2 Å². The second kappa shape index (κ2) is 6.35. The number of nitrogens with one attached hydrogen (secondary N) is 2. The molecule has 2 N–H and O–H groups in total. The summed E-state index contributed by atoms with van der Waals surface area (Å²) in [6.45, 7) is 3.37. The number of rotatable bonds is 6. The van der Waals surface area contributed by atoms with Gasteiger partial charge in [-0.2, -0.15) is 0 Å². The molecule has 1 aliphatic carbocycles. The van der Waals surface area contributed by atoms with Crippen molar-refractivity contribution in [3.8, 4) is 0 Å². The third-order valence-electron chi connectivity index (χ3n) is 2.92. The van der Waals surface area contributed by atoms with Crippen molar-refractivity contribution in [2.75, 3.05) is 5.75 Å². The number of carbonyl (C=O) groups excluding carboxylic acids is 1. The van der Waals surface area contributed by atoms with E-state index in [4.69, 9.17) is 0 Å². The van der Waals surface area contributed by atoms with E-state index in [-0.39, 0.29) is 17.7 Å². The van der Waals surface area contributed by atoms with Crippen LogP contribution in [0, 0.1) is 0 Å². The smallest absolute Gasteiger partial charge is 0.238 e. The van der Waals surface area contributed by atoms with Gasteiger partial charge in [-0.25, -0.2) is 13.1 Å². The van der Waals surface area contributed by atoms with Gasteiger partial charge >= 0.3 is 0 Å². The summed E-state index contributed by atoms with van der Waals surface area (Å²) in [6.07, 6.45) is 4.83. The van der Waals surface area contributed by atoms with Crippen LogP contribution < -0.4 is 10.0 Å². The first-order chi connectivity index (χ1) is 7.94. The predicted molar refractivity (Wildman–Crippen MR) is 67.1 cm³/mol. The van der Waals surface area contributed by atoms with Gasteiger partial charge in [-0.1, -0.05) is 19.8 Å². The van der Waals surface area contributed by atoms with Gasteiger partial charge in [0.15, 0.2) is 0 Å². The van der Waals surface area contributed by atoms with Crippen molar-refractivity contribution >= 4 is 15.9 Å². The lowest BCUT2D eigenvalue weighted by Gasteiger charge is -2.17. The van der Waals surface area contributed by atoms with Gasteiger partial charge in [0.1, 0.15) is 0 Å². The molecule has 1 unspecified atom stereocenters. The normalized spacial score (nSPS) is 19.2. The molecule has 0 spiro atoms. The average molecular weight is 262 g/mol. The van der Waals surface area contributed by atoms with Gasteiger partial charge in [-0.15, -0.1) is 0 Å². The zero-order chi connectivity index (χ0) is 12.9. The SMILES string of the molecule is CCCS(=O)(=O)NC(C)C(=O)NC1CCCC1. The van der Waals surface area contributed by atoms with E-state index < -0.39 is 16.1 Å².